The molecule has 1 fully saturated rings. The molecule has 2 aromatic carbocycles. The van der Waals surface area contributed by atoms with Gasteiger partial charge in [-0.2, -0.15) is 0 Å². The number of sulfone groups is 1. The van der Waals surface area contributed by atoms with Gasteiger partial charge in [-0.1, -0.05) is 0 Å². The fourth-order valence-electron chi connectivity index (χ4n) is 4.37. The molecule has 0 amide bonds. The number of sulfonamides is 1. The second-order valence-electron chi connectivity index (χ2n) is 8.36. The van der Waals surface area contributed by atoms with Gasteiger partial charge < -0.3 is 14.7 Å². The Balaban J connectivity index is 1.90. The first-order valence-corrected chi connectivity index (χ1v) is 14.1. The Kier molecular flexibility index (Phi) is 6.28. The molecule has 11 heteroatoms. The highest BCUT2D eigenvalue weighted by molar-refractivity contribution is 7.93. The lowest BCUT2D eigenvalue weighted by molar-refractivity contribution is 0.0696. The zero-order valence-electron chi connectivity index (χ0n) is 18.2. The molecule has 2 aliphatic rings. The maximum Gasteiger partial charge on any atom is 0.335 e. The quantitative estimate of drug-likeness (QED) is 0.651. The number of fused-ring (bicyclic) bond motifs is 4. The average molecular weight is 495 g/mol. The molecule has 0 radical (unpaired) electrons. The number of anilines is 2. The van der Waals surface area contributed by atoms with E-state index in [4.69, 9.17) is 4.74 Å². The normalized spacial score (nSPS) is 20.5. The molecular weight excluding hydrogens is 468 g/mol. The van der Waals surface area contributed by atoms with Crippen molar-refractivity contribution in [3.63, 3.8) is 0 Å². The number of hydrogen-bond donors (Lipinski definition) is 2. The zero-order chi connectivity index (χ0) is 23.8. The summed E-state index contributed by atoms with van der Waals surface area (Å²) in [6.45, 7) is 1.01. The number of carbonyl (C=O) groups is 1. The van der Waals surface area contributed by atoms with E-state index in [1.54, 1.807) is 6.07 Å². The van der Waals surface area contributed by atoms with Gasteiger partial charge in [0.15, 0.2) is 9.84 Å². The Morgan fingerprint density at radius 2 is 1.88 bits per heavy atom. The summed E-state index contributed by atoms with van der Waals surface area (Å²) in [5.74, 6) is -1.22. The molecule has 0 saturated carbocycles. The van der Waals surface area contributed by atoms with Gasteiger partial charge in [0.25, 0.3) is 10.0 Å². The molecule has 2 heterocycles. The van der Waals surface area contributed by atoms with Crippen molar-refractivity contribution >= 4 is 37.2 Å². The fourth-order valence-corrected chi connectivity index (χ4v) is 6.25. The van der Waals surface area contributed by atoms with Crippen molar-refractivity contribution in [1.29, 1.82) is 0 Å². The van der Waals surface area contributed by atoms with Gasteiger partial charge in [0.1, 0.15) is 10.6 Å². The lowest BCUT2D eigenvalue weighted by Crippen LogP contribution is -2.40. The SMILES string of the molecule is CS(=O)(=O)c1ccc2c(c1)NS(=O)(=O)c1cc(C(=O)O)ccc1OCCCC1CCCCN21. The van der Waals surface area contributed by atoms with Gasteiger partial charge >= 0.3 is 5.97 Å². The maximum atomic E-state index is 13.4. The Morgan fingerprint density at radius 1 is 1.12 bits per heavy atom. The molecule has 0 bridgehead atoms. The predicted octanol–water partition coefficient (Wildman–Crippen LogP) is 3.12. The minimum Gasteiger partial charge on any atom is -0.492 e. The minimum atomic E-state index is -4.30. The van der Waals surface area contributed by atoms with Crippen molar-refractivity contribution in [1.82, 2.24) is 0 Å². The number of ether oxygens (including phenoxy) is 1. The van der Waals surface area contributed by atoms with E-state index in [0.717, 1.165) is 44.6 Å². The summed E-state index contributed by atoms with van der Waals surface area (Å²) in [7, 11) is -7.89. The summed E-state index contributed by atoms with van der Waals surface area (Å²) in [4.78, 5) is 13.3. The van der Waals surface area contributed by atoms with Gasteiger partial charge in [0.05, 0.1) is 28.4 Å². The number of benzene rings is 2. The largest absolute Gasteiger partial charge is 0.492 e. The topological polar surface area (TPSA) is 130 Å². The van der Waals surface area contributed by atoms with E-state index in [2.05, 4.69) is 9.62 Å². The Labute approximate surface area is 193 Å². The van der Waals surface area contributed by atoms with Crippen LogP contribution in [-0.4, -0.2) is 53.4 Å². The van der Waals surface area contributed by atoms with Crippen LogP contribution in [0.4, 0.5) is 11.4 Å². The van der Waals surface area contributed by atoms with Crippen LogP contribution in [0.15, 0.2) is 46.2 Å². The van der Waals surface area contributed by atoms with Crippen LogP contribution in [0.1, 0.15) is 42.5 Å². The molecule has 33 heavy (non-hydrogen) atoms. The second kappa shape index (κ2) is 8.86. The van der Waals surface area contributed by atoms with E-state index < -0.39 is 25.8 Å². The molecular formula is C22H26N2O7S2. The summed E-state index contributed by atoms with van der Waals surface area (Å²) < 4.78 is 59.5. The van der Waals surface area contributed by atoms with Crippen molar-refractivity contribution in [2.75, 3.05) is 29.0 Å². The predicted molar refractivity (Wildman–Crippen MR) is 123 cm³/mol. The van der Waals surface area contributed by atoms with Crippen molar-refractivity contribution in [2.45, 2.75) is 47.9 Å². The van der Waals surface area contributed by atoms with Gasteiger partial charge in [-0.15, -0.1) is 0 Å². The Bertz CT molecular complexity index is 1290. The smallest absolute Gasteiger partial charge is 0.335 e. The number of nitrogens with zero attached hydrogens (tertiary/aromatic N) is 1. The van der Waals surface area contributed by atoms with Crippen molar-refractivity contribution in [2.24, 2.45) is 0 Å². The van der Waals surface area contributed by atoms with Gasteiger partial charge in [0.2, 0.25) is 0 Å². The average Bonchev–Trinajstić information content (AvgIpc) is 2.75. The van der Waals surface area contributed by atoms with Crippen LogP contribution >= 0.6 is 0 Å². The lowest BCUT2D eigenvalue weighted by atomic mass is 9.97. The molecule has 4 rings (SSSR count). The van der Waals surface area contributed by atoms with Crippen LogP contribution in [0.5, 0.6) is 5.75 Å². The van der Waals surface area contributed by atoms with E-state index in [9.17, 15) is 26.7 Å². The monoisotopic (exact) mass is 494 g/mol. The summed E-state index contributed by atoms with van der Waals surface area (Å²) in [5, 5.41) is 9.35. The van der Waals surface area contributed by atoms with Crippen LogP contribution in [-0.2, 0) is 19.9 Å². The van der Waals surface area contributed by atoms with Crippen molar-refractivity contribution in [3.8, 4) is 5.75 Å². The second-order valence-corrected chi connectivity index (χ2v) is 12.0. The van der Waals surface area contributed by atoms with Crippen LogP contribution in [0.2, 0.25) is 0 Å². The molecule has 9 nitrogen and oxygen atoms in total. The summed E-state index contributed by atoms with van der Waals surface area (Å²) >= 11 is 0. The van der Waals surface area contributed by atoms with Crippen LogP contribution in [0, 0.1) is 0 Å². The van der Waals surface area contributed by atoms with Gasteiger partial charge in [-0.05, 0) is 68.5 Å². The van der Waals surface area contributed by atoms with E-state index >= 15 is 0 Å². The van der Waals surface area contributed by atoms with Gasteiger partial charge in [0, 0.05) is 18.8 Å². The van der Waals surface area contributed by atoms with Gasteiger partial charge in [-0.3, -0.25) is 4.72 Å². The van der Waals surface area contributed by atoms with E-state index in [0.29, 0.717) is 18.7 Å². The number of carboxylic acids is 1. The Hall–Kier alpha value is -2.79. The third kappa shape index (κ3) is 4.93. The molecule has 178 valence electrons. The van der Waals surface area contributed by atoms with Gasteiger partial charge in [-0.25, -0.2) is 21.6 Å². The summed E-state index contributed by atoms with van der Waals surface area (Å²) in [6.07, 6.45) is 5.51. The lowest BCUT2D eigenvalue weighted by Gasteiger charge is -2.39. The number of hydrogen-bond acceptors (Lipinski definition) is 7. The molecule has 2 N–H and O–H groups in total. The van der Waals surface area contributed by atoms with Crippen LogP contribution < -0.4 is 14.4 Å². The molecule has 2 aliphatic heterocycles. The molecule has 1 saturated heterocycles. The Morgan fingerprint density at radius 3 is 2.61 bits per heavy atom. The van der Waals surface area contributed by atoms with Crippen molar-refractivity contribution in [3.05, 3.63) is 42.0 Å². The molecule has 0 aromatic heterocycles. The molecule has 0 spiro atoms. The van der Waals surface area contributed by atoms with E-state index in [1.165, 1.54) is 24.3 Å². The highest BCUT2D eigenvalue weighted by Crippen LogP contribution is 2.37. The summed E-state index contributed by atoms with van der Waals surface area (Å²) in [6, 6.07) is 8.30. The highest BCUT2D eigenvalue weighted by Gasteiger charge is 2.29. The number of rotatable bonds is 2. The van der Waals surface area contributed by atoms with Crippen LogP contribution in [0.25, 0.3) is 0 Å². The number of piperidine rings is 1. The first kappa shape index (κ1) is 23.4. The van der Waals surface area contributed by atoms with Crippen LogP contribution in [0.3, 0.4) is 0 Å². The number of nitrogens with one attached hydrogen (secondary N) is 1. The molecule has 1 unspecified atom stereocenters. The third-order valence-electron chi connectivity index (χ3n) is 6.00. The number of carboxylic acid groups (broad SMARTS) is 1. The highest BCUT2D eigenvalue weighted by atomic mass is 32.2. The van der Waals surface area contributed by atoms with E-state index in [1.807, 2.05) is 0 Å². The third-order valence-corrected chi connectivity index (χ3v) is 8.49. The first-order chi connectivity index (χ1) is 15.6. The molecule has 0 aliphatic carbocycles. The van der Waals surface area contributed by atoms with Crippen molar-refractivity contribution < 1.29 is 31.5 Å². The fraction of sp³-hybridized carbons (Fsp3) is 0.409. The molecule has 1 atom stereocenters. The standard InChI is InChI=1S/C22H26N2O7S2/c1-32(27,28)17-8-9-19-18(14-17)23-33(29,30)21-13-15(22(25)26)7-10-20(21)31-12-4-6-16-5-2-3-11-24(16)19/h7-10,13-14,16,23H,2-6,11-12H2,1H3,(H,25,26). The van der Waals surface area contributed by atoms with E-state index in [-0.39, 0.29) is 32.8 Å². The molecule has 2 aromatic rings. The minimum absolute atomic E-state index is 0.0136. The summed E-state index contributed by atoms with van der Waals surface area (Å²) in [5.41, 5.74) is 0.543. The number of aromatic carboxylic acids is 1. The maximum absolute atomic E-state index is 13.4. The zero-order valence-corrected chi connectivity index (χ0v) is 19.8. The first-order valence-electron chi connectivity index (χ1n) is 10.7.